The van der Waals surface area contributed by atoms with E-state index in [4.69, 9.17) is 4.74 Å². The standard InChI is InChI=1S/C23H31NO2/c1-18-8-9-19(2)23(14-18)26-17-22(25)16-24-12-10-21(11-13-24)15-20-6-4-3-5-7-20/h3-9,14,21-22,25H,10-13,15-17H2,1-2H3/p+1/t22-/m0/s1. The molecule has 0 radical (unpaired) electrons. The molecule has 1 aliphatic rings. The quantitative estimate of drug-likeness (QED) is 0.801. The van der Waals surface area contributed by atoms with Gasteiger partial charge in [-0.2, -0.15) is 0 Å². The molecule has 140 valence electrons. The summed E-state index contributed by atoms with van der Waals surface area (Å²) in [6.45, 7) is 7.57. The number of quaternary nitrogens is 1. The van der Waals surface area contributed by atoms with Crippen molar-refractivity contribution in [2.24, 2.45) is 5.92 Å². The SMILES string of the molecule is Cc1ccc(C)c(OC[C@@H](O)C[NH+]2CCC(Cc3ccccc3)CC2)c1. The van der Waals surface area contributed by atoms with Gasteiger partial charge in [-0.25, -0.2) is 0 Å². The second-order valence-electron chi connectivity index (χ2n) is 7.82. The molecule has 0 aliphatic carbocycles. The van der Waals surface area contributed by atoms with Crippen LogP contribution in [-0.4, -0.2) is 37.5 Å². The summed E-state index contributed by atoms with van der Waals surface area (Å²) in [5.41, 5.74) is 3.76. The first-order valence-corrected chi connectivity index (χ1v) is 9.86. The zero-order valence-corrected chi connectivity index (χ0v) is 16.1. The van der Waals surface area contributed by atoms with Gasteiger partial charge in [0.1, 0.15) is 25.0 Å². The number of nitrogens with one attached hydrogen (secondary N) is 1. The largest absolute Gasteiger partial charge is 0.490 e. The summed E-state index contributed by atoms with van der Waals surface area (Å²) in [7, 11) is 0. The van der Waals surface area contributed by atoms with Crippen LogP contribution in [-0.2, 0) is 6.42 Å². The first kappa shape index (κ1) is 18.9. The molecule has 0 aromatic heterocycles. The lowest BCUT2D eigenvalue weighted by atomic mass is 9.90. The van der Waals surface area contributed by atoms with Gasteiger partial charge < -0.3 is 14.7 Å². The summed E-state index contributed by atoms with van der Waals surface area (Å²) < 4.78 is 5.86. The number of aliphatic hydroxyl groups excluding tert-OH is 1. The van der Waals surface area contributed by atoms with E-state index < -0.39 is 6.10 Å². The fourth-order valence-electron chi connectivity index (χ4n) is 3.88. The van der Waals surface area contributed by atoms with E-state index in [0.29, 0.717) is 6.61 Å². The third kappa shape index (κ3) is 5.58. The molecule has 3 rings (SSSR count). The lowest BCUT2D eigenvalue weighted by Gasteiger charge is -2.30. The van der Waals surface area contributed by atoms with Gasteiger partial charge in [0.15, 0.2) is 0 Å². The zero-order valence-electron chi connectivity index (χ0n) is 16.1. The molecule has 26 heavy (non-hydrogen) atoms. The van der Waals surface area contributed by atoms with Crippen LogP contribution in [0.5, 0.6) is 5.75 Å². The van der Waals surface area contributed by atoms with Gasteiger partial charge in [-0.15, -0.1) is 0 Å². The molecule has 1 fully saturated rings. The lowest BCUT2D eigenvalue weighted by Crippen LogP contribution is -3.14. The van der Waals surface area contributed by atoms with E-state index in [1.54, 1.807) is 0 Å². The maximum atomic E-state index is 10.4. The van der Waals surface area contributed by atoms with Gasteiger partial charge in [0.2, 0.25) is 0 Å². The molecule has 3 nitrogen and oxygen atoms in total. The Balaban J connectivity index is 1.39. The van der Waals surface area contributed by atoms with Crippen molar-refractivity contribution in [3.63, 3.8) is 0 Å². The van der Waals surface area contributed by atoms with Crippen LogP contribution in [0.25, 0.3) is 0 Å². The van der Waals surface area contributed by atoms with Crippen molar-refractivity contribution in [2.75, 3.05) is 26.2 Å². The molecule has 0 spiro atoms. The van der Waals surface area contributed by atoms with E-state index >= 15 is 0 Å². The lowest BCUT2D eigenvalue weighted by molar-refractivity contribution is -0.909. The molecule has 1 atom stereocenters. The highest BCUT2D eigenvalue weighted by atomic mass is 16.5. The predicted octanol–water partition coefficient (Wildman–Crippen LogP) is 2.58. The third-order valence-electron chi connectivity index (χ3n) is 5.48. The minimum absolute atomic E-state index is 0.376. The van der Waals surface area contributed by atoms with Crippen molar-refractivity contribution in [2.45, 2.75) is 39.2 Å². The second kappa shape index (κ2) is 9.20. The van der Waals surface area contributed by atoms with Crippen molar-refractivity contribution < 1.29 is 14.7 Å². The maximum Gasteiger partial charge on any atom is 0.137 e. The molecule has 0 bridgehead atoms. The Labute approximate surface area is 157 Å². The fraction of sp³-hybridized carbons (Fsp3) is 0.478. The Hall–Kier alpha value is -1.84. The molecular formula is C23H32NO2+. The van der Waals surface area contributed by atoms with Crippen LogP contribution in [0, 0.1) is 19.8 Å². The highest BCUT2D eigenvalue weighted by molar-refractivity contribution is 5.35. The van der Waals surface area contributed by atoms with Crippen molar-refractivity contribution in [3.8, 4) is 5.75 Å². The van der Waals surface area contributed by atoms with Gasteiger partial charge in [-0.1, -0.05) is 42.5 Å². The van der Waals surface area contributed by atoms with Gasteiger partial charge in [0, 0.05) is 0 Å². The first-order chi connectivity index (χ1) is 12.6. The third-order valence-corrected chi connectivity index (χ3v) is 5.48. The fourth-order valence-corrected chi connectivity index (χ4v) is 3.88. The highest BCUT2D eigenvalue weighted by Crippen LogP contribution is 2.19. The Morgan fingerprint density at radius 2 is 1.81 bits per heavy atom. The van der Waals surface area contributed by atoms with Crippen LogP contribution >= 0.6 is 0 Å². The van der Waals surface area contributed by atoms with Gasteiger partial charge >= 0.3 is 0 Å². The number of likely N-dealkylation sites (tertiary alicyclic amines) is 1. The number of ether oxygens (including phenoxy) is 1. The normalized spacial score (nSPS) is 21.3. The van der Waals surface area contributed by atoms with Gasteiger partial charge in [-0.05, 0) is 61.8 Å². The second-order valence-corrected chi connectivity index (χ2v) is 7.82. The first-order valence-electron chi connectivity index (χ1n) is 9.86. The van der Waals surface area contributed by atoms with E-state index in [-0.39, 0.29) is 0 Å². The summed E-state index contributed by atoms with van der Waals surface area (Å²) in [6, 6.07) is 17.0. The van der Waals surface area contributed by atoms with Crippen LogP contribution in [0.2, 0.25) is 0 Å². The number of hydrogen-bond donors (Lipinski definition) is 2. The van der Waals surface area contributed by atoms with Crippen LogP contribution in [0.1, 0.15) is 29.5 Å². The molecule has 2 aromatic carbocycles. The minimum atomic E-state index is -0.407. The van der Waals surface area contributed by atoms with Gasteiger partial charge in [-0.3, -0.25) is 0 Å². The zero-order chi connectivity index (χ0) is 18.4. The number of piperidine rings is 1. The van der Waals surface area contributed by atoms with Gasteiger partial charge in [0.05, 0.1) is 13.1 Å². The molecule has 1 aliphatic heterocycles. The summed E-state index contributed by atoms with van der Waals surface area (Å²) in [5, 5.41) is 10.4. The van der Waals surface area contributed by atoms with Crippen LogP contribution in [0.3, 0.4) is 0 Å². The molecule has 2 N–H and O–H groups in total. The Morgan fingerprint density at radius 1 is 1.08 bits per heavy atom. The number of hydrogen-bond acceptors (Lipinski definition) is 2. The molecule has 2 aromatic rings. The number of rotatable bonds is 7. The molecule has 0 amide bonds. The minimum Gasteiger partial charge on any atom is -0.490 e. The number of benzene rings is 2. The van der Waals surface area contributed by atoms with E-state index in [9.17, 15) is 5.11 Å². The monoisotopic (exact) mass is 354 g/mol. The average molecular weight is 355 g/mol. The molecule has 0 unspecified atom stereocenters. The summed E-state index contributed by atoms with van der Waals surface area (Å²) >= 11 is 0. The molecule has 3 heteroatoms. The van der Waals surface area contributed by atoms with Crippen LogP contribution in [0.15, 0.2) is 48.5 Å². The maximum absolute atomic E-state index is 10.4. The molecule has 1 saturated heterocycles. The topological polar surface area (TPSA) is 33.9 Å². The smallest absolute Gasteiger partial charge is 0.137 e. The summed E-state index contributed by atoms with van der Waals surface area (Å²) in [5.74, 6) is 1.67. The molecule has 0 saturated carbocycles. The molecular weight excluding hydrogens is 322 g/mol. The van der Waals surface area contributed by atoms with E-state index in [2.05, 4.69) is 49.4 Å². The summed E-state index contributed by atoms with van der Waals surface area (Å²) in [4.78, 5) is 1.51. The van der Waals surface area contributed by atoms with Crippen LogP contribution < -0.4 is 9.64 Å². The Bertz CT molecular complexity index is 678. The predicted molar refractivity (Wildman–Crippen MR) is 106 cm³/mol. The highest BCUT2D eigenvalue weighted by Gasteiger charge is 2.24. The Morgan fingerprint density at radius 3 is 2.54 bits per heavy atom. The van der Waals surface area contributed by atoms with Crippen molar-refractivity contribution in [1.29, 1.82) is 0 Å². The van der Waals surface area contributed by atoms with E-state index in [1.807, 2.05) is 13.0 Å². The number of aliphatic hydroxyl groups is 1. The van der Waals surface area contributed by atoms with Crippen molar-refractivity contribution in [1.82, 2.24) is 0 Å². The molecule has 1 heterocycles. The average Bonchev–Trinajstić information content (AvgIpc) is 2.65. The number of aryl methyl sites for hydroxylation is 2. The van der Waals surface area contributed by atoms with E-state index in [0.717, 1.165) is 36.9 Å². The Kier molecular flexibility index (Phi) is 6.70. The van der Waals surface area contributed by atoms with Crippen molar-refractivity contribution in [3.05, 3.63) is 65.2 Å². The van der Waals surface area contributed by atoms with E-state index in [1.165, 1.54) is 35.3 Å². The summed E-state index contributed by atoms with van der Waals surface area (Å²) in [6.07, 6.45) is 3.27. The van der Waals surface area contributed by atoms with Crippen LogP contribution in [0.4, 0.5) is 0 Å². The van der Waals surface area contributed by atoms with Gasteiger partial charge in [0.25, 0.3) is 0 Å². The van der Waals surface area contributed by atoms with Crippen molar-refractivity contribution >= 4 is 0 Å².